The van der Waals surface area contributed by atoms with Gasteiger partial charge >= 0.3 is 0 Å². The first-order valence-electron chi connectivity index (χ1n) is 11.4. The number of nitrogens with one attached hydrogen (secondary N) is 2. The fourth-order valence-electron chi connectivity index (χ4n) is 3.83. The Morgan fingerprint density at radius 1 is 1.15 bits per heavy atom. The molecule has 2 amide bonds. The van der Waals surface area contributed by atoms with Crippen LogP contribution in [-0.4, -0.2) is 40.6 Å². The van der Waals surface area contributed by atoms with Gasteiger partial charge in [0.2, 0.25) is 5.91 Å². The van der Waals surface area contributed by atoms with Gasteiger partial charge in [-0.2, -0.15) is 0 Å². The topological polar surface area (TPSA) is 85.2 Å². The summed E-state index contributed by atoms with van der Waals surface area (Å²) in [6, 6.07) is 9.16. The van der Waals surface area contributed by atoms with Crippen LogP contribution in [0.1, 0.15) is 38.3 Å². The highest BCUT2D eigenvalue weighted by atomic mass is 19.2. The van der Waals surface area contributed by atoms with E-state index in [-0.39, 0.29) is 24.3 Å². The number of amides is 2. The van der Waals surface area contributed by atoms with Crippen LogP contribution in [0.3, 0.4) is 0 Å². The number of aromatic nitrogens is 2. The van der Waals surface area contributed by atoms with Crippen molar-refractivity contribution in [2.75, 3.05) is 13.2 Å². The van der Waals surface area contributed by atoms with Crippen molar-refractivity contribution in [1.29, 1.82) is 0 Å². The van der Waals surface area contributed by atoms with Gasteiger partial charge in [0.15, 0.2) is 18.2 Å². The normalized spacial score (nSPS) is 14.3. The number of rotatable bonds is 10. The molecule has 0 bridgehead atoms. The molecule has 2 aromatic carbocycles. The number of carbonyl (C=O) groups excluding carboxylic acids is 2. The third-order valence-electron chi connectivity index (χ3n) is 5.77. The predicted octanol–water partition coefficient (Wildman–Crippen LogP) is 3.53. The zero-order valence-corrected chi connectivity index (χ0v) is 19.2. The lowest BCUT2D eigenvalue weighted by atomic mass is 10.0. The second kappa shape index (κ2) is 10.2. The smallest absolute Gasteiger partial charge is 0.258 e. The molecule has 1 aliphatic rings. The number of hydrogen-bond donors (Lipinski definition) is 2. The highest BCUT2D eigenvalue weighted by Crippen LogP contribution is 2.25. The molecule has 7 nitrogen and oxygen atoms in total. The molecule has 1 fully saturated rings. The Kier molecular flexibility index (Phi) is 7.09. The molecule has 1 saturated carbocycles. The molecule has 2 N–H and O–H groups in total. The van der Waals surface area contributed by atoms with E-state index in [1.807, 2.05) is 26.0 Å². The van der Waals surface area contributed by atoms with Crippen molar-refractivity contribution < 1.29 is 23.1 Å². The van der Waals surface area contributed by atoms with Crippen molar-refractivity contribution in [3.63, 3.8) is 0 Å². The second-order valence-electron chi connectivity index (χ2n) is 8.91. The van der Waals surface area contributed by atoms with Crippen molar-refractivity contribution >= 4 is 22.8 Å². The summed E-state index contributed by atoms with van der Waals surface area (Å²) >= 11 is 0. The predicted molar refractivity (Wildman–Crippen MR) is 123 cm³/mol. The van der Waals surface area contributed by atoms with Crippen molar-refractivity contribution in [2.24, 2.45) is 5.92 Å². The molecule has 1 atom stereocenters. The van der Waals surface area contributed by atoms with Crippen LogP contribution in [0.2, 0.25) is 0 Å². The van der Waals surface area contributed by atoms with E-state index in [4.69, 9.17) is 4.74 Å². The molecule has 1 unspecified atom stereocenters. The zero-order chi connectivity index (χ0) is 24.2. The first-order valence-corrected chi connectivity index (χ1v) is 11.4. The minimum absolute atomic E-state index is 0.0119. The average molecular weight is 471 g/mol. The standard InChI is InChI=1S/C25H28F2N4O3/c1-15(2)24(31-14-29-21-11-19(26)20(27)12-22(21)31)25(33)28-10-9-16-3-7-18(8-4-16)34-13-23(32)30-17-5-6-17/h3-4,7-8,11-12,14-15,17,24H,5-6,9-10,13H2,1-2H3,(H,28,33)(H,30,32). The summed E-state index contributed by atoms with van der Waals surface area (Å²) in [5, 5.41) is 5.80. The lowest BCUT2D eigenvalue weighted by molar-refractivity contribution is -0.125. The van der Waals surface area contributed by atoms with Crippen molar-refractivity contribution in [2.45, 2.75) is 45.2 Å². The van der Waals surface area contributed by atoms with Crippen molar-refractivity contribution in [3.05, 3.63) is 59.9 Å². The average Bonchev–Trinajstić information content (AvgIpc) is 3.53. The second-order valence-corrected chi connectivity index (χ2v) is 8.91. The van der Waals surface area contributed by atoms with Gasteiger partial charge in [0.25, 0.3) is 5.91 Å². The number of halogens is 2. The Hall–Kier alpha value is -3.49. The summed E-state index contributed by atoms with van der Waals surface area (Å²) in [5.41, 5.74) is 1.67. The van der Waals surface area contributed by atoms with E-state index >= 15 is 0 Å². The highest BCUT2D eigenvalue weighted by molar-refractivity contribution is 5.84. The van der Waals surface area contributed by atoms with Gasteiger partial charge in [0.1, 0.15) is 11.8 Å². The number of hydrogen-bond acceptors (Lipinski definition) is 4. The molecule has 0 spiro atoms. The largest absolute Gasteiger partial charge is 0.484 e. The Balaban J connectivity index is 1.31. The molecule has 0 aliphatic heterocycles. The van der Waals surface area contributed by atoms with Gasteiger partial charge in [0.05, 0.1) is 17.4 Å². The maximum atomic E-state index is 13.8. The lowest BCUT2D eigenvalue weighted by Gasteiger charge is -2.22. The molecular formula is C25H28F2N4O3. The van der Waals surface area contributed by atoms with E-state index in [9.17, 15) is 18.4 Å². The summed E-state index contributed by atoms with van der Waals surface area (Å²) < 4.78 is 34.4. The first kappa shape index (κ1) is 23.7. The van der Waals surface area contributed by atoms with Gasteiger partial charge < -0.3 is 19.9 Å². The van der Waals surface area contributed by atoms with E-state index in [2.05, 4.69) is 15.6 Å². The van der Waals surface area contributed by atoms with E-state index in [1.165, 1.54) is 6.33 Å². The monoisotopic (exact) mass is 470 g/mol. The number of carbonyl (C=O) groups is 2. The van der Waals surface area contributed by atoms with Crippen LogP contribution in [0.15, 0.2) is 42.7 Å². The van der Waals surface area contributed by atoms with Gasteiger partial charge in [-0.1, -0.05) is 26.0 Å². The molecule has 0 radical (unpaired) electrons. The summed E-state index contributed by atoms with van der Waals surface area (Å²) in [6.07, 6.45) is 4.11. The van der Waals surface area contributed by atoms with Crippen LogP contribution in [0.5, 0.6) is 5.75 Å². The van der Waals surface area contributed by atoms with E-state index in [0.717, 1.165) is 30.5 Å². The Labute approximate surface area is 196 Å². The number of fused-ring (bicyclic) bond motifs is 1. The van der Waals surface area contributed by atoms with E-state index in [0.29, 0.717) is 35.8 Å². The molecule has 180 valence electrons. The first-order chi connectivity index (χ1) is 16.3. The maximum Gasteiger partial charge on any atom is 0.258 e. The van der Waals surface area contributed by atoms with Crippen molar-refractivity contribution in [1.82, 2.24) is 20.2 Å². The third kappa shape index (κ3) is 5.70. The number of benzene rings is 2. The zero-order valence-electron chi connectivity index (χ0n) is 19.2. The molecule has 9 heteroatoms. The number of nitrogens with zero attached hydrogens (tertiary/aromatic N) is 2. The summed E-state index contributed by atoms with van der Waals surface area (Å²) in [6.45, 7) is 4.17. The fraction of sp³-hybridized carbons (Fsp3) is 0.400. The summed E-state index contributed by atoms with van der Waals surface area (Å²) in [7, 11) is 0. The molecule has 34 heavy (non-hydrogen) atoms. The van der Waals surface area contributed by atoms with Crippen molar-refractivity contribution in [3.8, 4) is 5.75 Å². The van der Waals surface area contributed by atoms with Gasteiger partial charge in [0, 0.05) is 24.7 Å². The summed E-state index contributed by atoms with van der Waals surface area (Å²) in [5.74, 6) is -1.78. The van der Waals surface area contributed by atoms with Gasteiger partial charge in [-0.3, -0.25) is 9.59 Å². The van der Waals surface area contributed by atoms with Crippen LogP contribution < -0.4 is 15.4 Å². The van der Waals surface area contributed by atoms with Gasteiger partial charge in [-0.25, -0.2) is 13.8 Å². The van der Waals surface area contributed by atoms with Crippen LogP contribution in [0.4, 0.5) is 8.78 Å². The highest BCUT2D eigenvalue weighted by Gasteiger charge is 2.26. The summed E-state index contributed by atoms with van der Waals surface area (Å²) in [4.78, 5) is 28.8. The Morgan fingerprint density at radius 3 is 2.53 bits per heavy atom. The van der Waals surface area contributed by atoms with Gasteiger partial charge in [-0.15, -0.1) is 0 Å². The molecule has 1 aliphatic carbocycles. The van der Waals surface area contributed by atoms with E-state index in [1.54, 1.807) is 16.7 Å². The van der Waals surface area contributed by atoms with E-state index < -0.39 is 17.7 Å². The number of imidazole rings is 1. The molecular weight excluding hydrogens is 442 g/mol. The molecule has 3 aromatic rings. The molecule has 0 saturated heterocycles. The quantitative estimate of drug-likeness (QED) is 0.475. The third-order valence-corrected chi connectivity index (χ3v) is 5.77. The molecule has 1 heterocycles. The van der Waals surface area contributed by atoms with Crippen LogP contribution in [0, 0.1) is 17.6 Å². The minimum atomic E-state index is -0.979. The number of ether oxygens (including phenoxy) is 1. The maximum absolute atomic E-state index is 13.8. The SMILES string of the molecule is CC(C)C(C(=O)NCCc1ccc(OCC(=O)NC2CC2)cc1)n1cnc2cc(F)c(F)cc21. The Bertz CT molecular complexity index is 1170. The van der Waals surface area contributed by atoms with Gasteiger partial charge in [-0.05, 0) is 42.9 Å². The molecule has 4 rings (SSSR count). The van der Waals surface area contributed by atoms with Crippen LogP contribution in [0.25, 0.3) is 11.0 Å². The Morgan fingerprint density at radius 2 is 1.85 bits per heavy atom. The lowest BCUT2D eigenvalue weighted by Crippen LogP contribution is -2.36. The fourth-order valence-corrected chi connectivity index (χ4v) is 3.83. The van der Waals surface area contributed by atoms with Crippen LogP contribution in [-0.2, 0) is 16.0 Å². The minimum Gasteiger partial charge on any atom is -0.484 e. The molecule has 1 aromatic heterocycles. The van der Waals surface area contributed by atoms with Crippen LogP contribution >= 0.6 is 0 Å².